The van der Waals surface area contributed by atoms with Crippen molar-refractivity contribution < 1.29 is 15.0 Å². The first-order valence-electron chi connectivity index (χ1n) is 6.07. The minimum atomic E-state index is -1.09. The molecule has 18 heavy (non-hydrogen) atoms. The summed E-state index contributed by atoms with van der Waals surface area (Å²) in [4.78, 5) is 18.5. The summed E-state index contributed by atoms with van der Waals surface area (Å²) in [6.07, 6.45) is 5.50. The molecule has 1 aromatic rings. The lowest BCUT2D eigenvalue weighted by Gasteiger charge is -2.15. The molecule has 0 amide bonds. The van der Waals surface area contributed by atoms with Crippen LogP contribution < -0.4 is 5.32 Å². The standard InChI is InChI=1S/C12H19N3O3/c1-2-3-9(4-5-16)6-14-11-8-13-7-10(15-11)12(17)18/h7-9,16H,2-6H2,1H3,(H,14,15)(H,17,18). The number of aliphatic hydroxyl groups excluding tert-OH is 1. The molecule has 0 saturated carbocycles. The molecule has 1 unspecified atom stereocenters. The van der Waals surface area contributed by atoms with Gasteiger partial charge >= 0.3 is 5.97 Å². The van der Waals surface area contributed by atoms with Gasteiger partial charge in [-0.2, -0.15) is 0 Å². The van der Waals surface area contributed by atoms with Crippen molar-refractivity contribution in [3.8, 4) is 0 Å². The molecule has 100 valence electrons. The summed E-state index contributed by atoms with van der Waals surface area (Å²) in [6, 6.07) is 0. The van der Waals surface area contributed by atoms with E-state index in [1.807, 2.05) is 0 Å². The Balaban J connectivity index is 2.55. The fraction of sp³-hybridized carbons (Fsp3) is 0.583. The lowest BCUT2D eigenvalue weighted by Crippen LogP contribution is -2.17. The van der Waals surface area contributed by atoms with Gasteiger partial charge in [-0.3, -0.25) is 4.98 Å². The molecule has 0 aliphatic heterocycles. The molecule has 1 rings (SSSR count). The summed E-state index contributed by atoms with van der Waals surface area (Å²) in [6.45, 7) is 2.91. The number of aromatic nitrogens is 2. The smallest absolute Gasteiger partial charge is 0.356 e. The molecule has 6 nitrogen and oxygen atoms in total. The highest BCUT2D eigenvalue weighted by molar-refractivity contribution is 5.85. The molecule has 6 heteroatoms. The van der Waals surface area contributed by atoms with E-state index in [4.69, 9.17) is 10.2 Å². The minimum Gasteiger partial charge on any atom is -0.476 e. The van der Waals surface area contributed by atoms with E-state index in [0.29, 0.717) is 18.3 Å². The summed E-state index contributed by atoms with van der Waals surface area (Å²) in [5.41, 5.74) is -0.0748. The Morgan fingerprint density at radius 1 is 1.44 bits per heavy atom. The number of anilines is 1. The quantitative estimate of drug-likeness (QED) is 0.648. The van der Waals surface area contributed by atoms with Crippen molar-refractivity contribution in [2.75, 3.05) is 18.5 Å². The topological polar surface area (TPSA) is 95.3 Å². The summed E-state index contributed by atoms with van der Waals surface area (Å²) in [7, 11) is 0. The van der Waals surface area contributed by atoms with Crippen LogP contribution in [0.3, 0.4) is 0 Å². The first kappa shape index (κ1) is 14.4. The van der Waals surface area contributed by atoms with Crippen molar-refractivity contribution in [3.63, 3.8) is 0 Å². The average molecular weight is 253 g/mol. The second kappa shape index (κ2) is 7.60. The molecule has 3 N–H and O–H groups in total. The normalized spacial score (nSPS) is 12.1. The van der Waals surface area contributed by atoms with Gasteiger partial charge in [-0.05, 0) is 18.8 Å². The van der Waals surface area contributed by atoms with Gasteiger partial charge in [0.2, 0.25) is 0 Å². The zero-order valence-corrected chi connectivity index (χ0v) is 10.5. The second-order valence-corrected chi connectivity index (χ2v) is 4.14. The van der Waals surface area contributed by atoms with Gasteiger partial charge in [0.1, 0.15) is 5.82 Å². The van der Waals surface area contributed by atoms with Gasteiger partial charge in [0, 0.05) is 13.2 Å². The molecule has 0 bridgehead atoms. The van der Waals surface area contributed by atoms with Crippen molar-refractivity contribution in [2.45, 2.75) is 26.2 Å². The van der Waals surface area contributed by atoms with Gasteiger partial charge in [0.25, 0.3) is 0 Å². The Hall–Kier alpha value is -1.69. The summed E-state index contributed by atoms with van der Waals surface area (Å²) >= 11 is 0. The van der Waals surface area contributed by atoms with E-state index in [1.165, 1.54) is 12.4 Å². The molecule has 0 radical (unpaired) electrons. The third kappa shape index (κ3) is 4.67. The van der Waals surface area contributed by atoms with Crippen LogP contribution in [0.1, 0.15) is 36.7 Å². The Morgan fingerprint density at radius 3 is 2.83 bits per heavy atom. The van der Waals surface area contributed by atoms with Crippen LogP contribution in [-0.4, -0.2) is 39.3 Å². The monoisotopic (exact) mass is 253 g/mol. The van der Waals surface area contributed by atoms with Crippen LogP contribution in [0, 0.1) is 5.92 Å². The number of carboxylic acid groups (broad SMARTS) is 1. The Morgan fingerprint density at radius 2 is 2.22 bits per heavy atom. The molecule has 1 atom stereocenters. The second-order valence-electron chi connectivity index (χ2n) is 4.14. The highest BCUT2D eigenvalue weighted by Crippen LogP contribution is 2.12. The maximum atomic E-state index is 10.7. The molecule has 0 aromatic carbocycles. The number of nitrogens with one attached hydrogen (secondary N) is 1. The third-order valence-corrected chi connectivity index (χ3v) is 2.66. The van der Waals surface area contributed by atoms with E-state index < -0.39 is 5.97 Å². The van der Waals surface area contributed by atoms with Gasteiger partial charge in [-0.1, -0.05) is 13.3 Å². The van der Waals surface area contributed by atoms with Crippen LogP contribution >= 0.6 is 0 Å². The number of rotatable bonds is 8. The summed E-state index contributed by atoms with van der Waals surface area (Å²) < 4.78 is 0. The summed E-state index contributed by atoms with van der Waals surface area (Å²) in [5.74, 6) is -0.282. The maximum absolute atomic E-state index is 10.7. The molecule has 0 fully saturated rings. The number of nitrogens with zero attached hydrogens (tertiary/aromatic N) is 2. The average Bonchev–Trinajstić information content (AvgIpc) is 2.37. The predicted molar refractivity (Wildman–Crippen MR) is 67.6 cm³/mol. The van der Waals surface area contributed by atoms with Crippen molar-refractivity contribution in [1.29, 1.82) is 0 Å². The van der Waals surface area contributed by atoms with Gasteiger partial charge in [-0.25, -0.2) is 9.78 Å². The zero-order valence-electron chi connectivity index (χ0n) is 10.5. The Bertz CT molecular complexity index is 379. The molecule has 1 aromatic heterocycles. The maximum Gasteiger partial charge on any atom is 0.356 e. The molecule has 0 aliphatic carbocycles. The van der Waals surface area contributed by atoms with Crippen molar-refractivity contribution in [2.24, 2.45) is 5.92 Å². The van der Waals surface area contributed by atoms with E-state index >= 15 is 0 Å². The number of hydrogen-bond donors (Lipinski definition) is 3. The van der Waals surface area contributed by atoms with Crippen LogP contribution in [0.15, 0.2) is 12.4 Å². The van der Waals surface area contributed by atoms with Gasteiger partial charge in [-0.15, -0.1) is 0 Å². The van der Waals surface area contributed by atoms with E-state index in [9.17, 15) is 4.79 Å². The zero-order chi connectivity index (χ0) is 13.4. The lowest BCUT2D eigenvalue weighted by atomic mass is 10.0. The molecule has 1 heterocycles. The lowest BCUT2D eigenvalue weighted by molar-refractivity contribution is 0.0690. The predicted octanol–water partition coefficient (Wildman–Crippen LogP) is 1.39. The van der Waals surface area contributed by atoms with E-state index in [2.05, 4.69) is 22.2 Å². The van der Waals surface area contributed by atoms with Gasteiger partial charge in [0.15, 0.2) is 5.69 Å². The van der Waals surface area contributed by atoms with Crippen LogP contribution in [0.4, 0.5) is 5.82 Å². The molecule has 0 spiro atoms. The largest absolute Gasteiger partial charge is 0.476 e. The van der Waals surface area contributed by atoms with Gasteiger partial charge < -0.3 is 15.5 Å². The van der Waals surface area contributed by atoms with E-state index in [-0.39, 0.29) is 12.3 Å². The Labute approximate surface area is 106 Å². The Kier molecular flexibility index (Phi) is 6.07. The van der Waals surface area contributed by atoms with Crippen molar-refractivity contribution >= 4 is 11.8 Å². The van der Waals surface area contributed by atoms with Gasteiger partial charge in [0.05, 0.1) is 12.4 Å². The van der Waals surface area contributed by atoms with E-state index in [1.54, 1.807) is 0 Å². The molecular weight excluding hydrogens is 234 g/mol. The molecular formula is C12H19N3O3. The van der Waals surface area contributed by atoms with Crippen LogP contribution in [0.5, 0.6) is 0 Å². The van der Waals surface area contributed by atoms with Crippen molar-refractivity contribution in [1.82, 2.24) is 9.97 Å². The number of hydrogen-bond acceptors (Lipinski definition) is 5. The van der Waals surface area contributed by atoms with Crippen LogP contribution in [-0.2, 0) is 0 Å². The first-order valence-corrected chi connectivity index (χ1v) is 6.07. The highest BCUT2D eigenvalue weighted by Gasteiger charge is 2.09. The highest BCUT2D eigenvalue weighted by atomic mass is 16.4. The van der Waals surface area contributed by atoms with E-state index in [0.717, 1.165) is 19.3 Å². The fourth-order valence-electron chi connectivity index (χ4n) is 1.74. The number of carboxylic acids is 1. The molecule has 0 aliphatic rings. The van der Waals surface area contributed by atoms with Crippen LogP contribution in [0.2, 0.25) is 0 Å². The number of aliphatic hydroxyl groups is 1. The molecule has 0 saturated heterocycles. The fourth-order valence-corrected chi connectivity index (χ4v) is 1.74. The van der Waals surface area contributed by atoms with Crippen LogP contribution in [0.25, 0.3) is 0 Å². The SMILES string of the molecule is CCCC(CCO)CNc1cncc(C(=O)O)n1. The number of aromatic carboxylic acids is 1. The third-order valence-electron chi connectivity index (χ3n) is 2.66. The first-order chi connectivity index (χ1) is 8.67. The number of carbonyl (C=O) groups is 1. The minimum absolute atomic E-state index is 0.0748. The summed E-state index contributed by atoms with van der Waals surface area (Å²) in [5, 5.41) is 20.8. The van der Waals surface area contributed by atoms with Crippen molar-refractivity contribution in [3.05, 3.63) is 18.1 Å².